The lowest BCUT2D eigenvalue weighted by molar-refractivity contribution is 0.181. The summed E-state index contributed by atoms with van der Waals surface area (Å²) in [6, 6.07) is 0. The summed E-state index contributed by atoms with van der Waals surface area (Å²) < 4.78 is 6.81. The molecule has 0 aliphatic rings. The van der Waals surface area contributed by atoms with Gasteiger partial charge in [-0.1, -0.05) is 13.8 Å². The maximum atomic E-state index is 12.2. The number of ether oxygens (including phenoxy) is 1. The van der Waals surface area contributed by atoms with Gasteiger partial charge in [0.15, 0.2) is 0 Å². The van der Waals surface area contributed by atoms with Gasteiger partial charge in [-0.05, 0) is 35.2 Å². The second-order valence-corrected chi connectivity index (χ2v) is 6.67. The quantitative estimate of drug-likeness (QED) is 0.738. The molecule has 3 N–H and O–H groups in total. The molecule has 0 saturated heterocycles. The van der Waals surface area contributed by atoms with Crippen molar-refractivity contribution in [2.24, 2.45) is 11.7 Å². The van der Waals surface area contributed by atoms with Crippen LogP contribution in [0.15, 0.2) is 15.5 Å². The molecule has 120 valence electrons. The maximum absolute atomic E-state index is 12.2. The van der Waals surface area contributed by atoms with Crippen LogP contribution in [0.1, 0.15) is 27.2 Å². The Labute approximate surface area is 134 Å². The lowest BCUT2D eigenvalue weighted by Gasteiger charge is -2.32. The summed E-state index contributed by atoms with van der Waals surface area (Å²) >= 11 is 3.35. The molecule has 7 heteroatoms. The van der Waals surface area contributed by atoms with Gasteiger partial charge in [-0.2, -0.15) is 5.10 Å². The zero-order valence-electron chi connectivity index (χ0n) is 13.1. The molecule has 1 aromatic heterocycles. The van der Waals surface area contributed by atoms with E-state index in [2.05, 4.69) is 47.1 Å². The van der Waals surface area contributed by atoms with Gasteiger partial charge in [0, 0.05) is 19.2 Å². The fourth-order valence-electron chi connectivity index (χ4n) is 2.30. The highest BCUT2D eigenvalue weighted by Gasteiger charge is 2.25. The third kappa shape index (κ3) is 5.09. The molecule has 6 nitrogen and oxygen atoms in total. The van der Waals surface area contributed by atoms with Gasteiger partial charge in [0.2, 0.25) is 0 Å². The van der Waals surface area contributed by atoms with Crippen LogP contribution in [0.2, 0.25) is 0 Å². The van der Waals surface area contributed by atoms with Crippen molar-refractivity contribution in [3.63, 3.8) is 0 Å². The number of aromatic nitrogens is 2. The third-order valence-corrected chi connectivity index (χ3v) is 4.00. The molecule has 0 radical (unpaired) electrons. The van der Waals surface area contributed by atoms with E-state index in [4.69, 9.17) is 10.5 Å². The topological polar surface area (TPSA) is 82.2 Å². The molecule has 0 aliphatic heterocycles. The summed E-state index contributed by atoms with van der Waals surface area (Å²) in [5.41, 5.74) is 6.10. The maximum Gasteiger partial charge on any atom is 0.283 e. The standard InChI is InChI=1S/C14H25BrN4O2/c1-10(2)7-14(3,9-16)18-11-8-17-19(5-6-21-4)13(20)12(11)15/h8,10,18H,5-7,9,16H2,1-4H3. The Bertz CT molecular complexity index is 518. The molecule has 1 atom stereocenters. The molecule has 0 fully saturated rings. The van der Waals surface area contributed by atoms with E-state index in [1.54, 1.807) is 13.3 Å². The highest BCUT2D eigenvalue weighted by Crippen LogP contribution is 2.25. The van der Waals surface area contributed by atoms with Crippen molar-refractivity contribution >= 4 is 21.6 Å². The Morgan fingerprint density at radius 3 is 2.76 bits per heavy atom. The van der Waals surface area contributed by atoms with E-state index in [-0.39, 0.29) is 11.1 Å². The van der Waals surface area contributed by atoms with Gasteiger partial charge in [-0.15, -0.1) is 0 Å². The Morgan fingerprint density at radius 1 is 1.57 bits per heavy atom. The van der Waals surface area contributed by atoms with Gasteiger partial charge in [-0.25, -0.2) is 4.68 Å². The molecule has 1 rings (SSSR count). The van der Waals surface area contributed by atoms with Crippen LogP contribution in [0.3, 0.4) is 0 Å². The van der Waals surface area contributed by atoms with Crippen molar-refractivity contribution in [1.82, 2.24) is 9.78 Å². The van der Waals surface area contributed by atoms with Crippen LogP contribution in [-0.4, -0.2) is 35.6 Å². The normalized spacial score (nSPS) is 14.2. The molecule has 1 unspecified atom stereocenters. The zero-order chi connectivity index (χ0) is 16.0. The average Bonchev–Trinajstić information content (AvgIpc) is 2.42. The Kier molecular flexibility index (Phi) is 6.83. The van der Waals surface area contributed by atoms with Crippen molar-refractivity contribution in [1.29, 1.82) is 0 Å². The van der Waals surface area contributed by atoms with Gasteiger partial charge in [0.25, 0.3) is 5.56 Å². The monoisotopic (exact) mass is 360 g/mol. The molecule has 0 bridgehead atoms. The molecule has 0 aliphatic carbocycles. The van der Waals surface area contributed by atoms with Gasteiger partial charge >= 0.3 is 0 Å². The summed E-state index contributed by atoms with van der Waals surface area (Å²) in [4.78, 5) is 12.2. The first-order chi connectivity index (χ1) is 9.83. The number of nitrogens with one attached hydrogen (secondary N) is 1. The first-order valence-corrected chi connectivity index (χ1v) is 7.85. The average molecular weight is 361 g/mol. The minimum atomic E-state index is -0.274. The number of methoxy groups -OCH3 is 1. The van der Waals surface area contributed by atoms with Crippen LogP contribution in [0.25, 0.3) is 0 Å². The molecular weight excluding hydrogens is 336 g/mol. The van der Waals surface area contributed by atoms with Crippen LogP contribution in [0.5, 0.6) is 0 Å². The summed E-state index contributed by atoms with van der Waals surface area (Å²) in [7, 11) is 1.59. The van der Waals surface area contributed by atoms with Crippen molar-refractivity contribution in [3.05, 3.63) is 21.0 Å². The molecule has 0 amide bonds. The zero-order valence-corrected chi connectivity index (χ0v) is 14.7. The Balaban J connectivity index is 2.99. The van der Waals surface area contributed by atoms with Crippen LogP contribution in [0.4, 0.5) is 5.69 Å². The fourth-order valence-corrected chi connectivity index (χ4v) is 2.71. The first-order valence-electron chi connectivity index (χ1n) is 7.06. The Hall–Kier alpha value is -0.920. The number of nitrogens with two attached hydrogens (primary N) is 1. The summed E-state index contributed by atoms with van der Waals surface area (Å²) in [5.74, 6) is 0.500. The minimum Gasteiger partial charge on any atom is -0.383 e. The van der Waals surface area contributed by atoms with Crippen molar-refractivity contribution in [2.75, 3.05) is 25.6 Å². The summed E-state index contributed by atoms with van der Waals surface area (Å²) in [5, 5.41) is 7.51. The number of hydrogen-bond acceptors (Lipinski definition) is 5. The lowest BCUT2D eigenvalue weighted by atomic mass is 9.90. The van der Waals surface area contributed by atoms with E-state index in [0.29, 0.717) is 35.8 Å². The number of anilines is 1. The van der Waals surface area contributed by atoms with Gasteiger partial charge < -0.3 is 15.8 Å². The molecule has 0 aromatic carbocycles. The largest absolute Gasteiger partial charge is 0.383 e. The molecule has 21 heavy (non-hydrogen) atoms. The smallest absolute Gasteiger partial charge is 0.283 e. The highest BCUT2D eigenvalue weighted by molar-refractivity contribution is 9.10. The van der Waals surface area contributed by atoms with E-state index in [1.807, 2.05) is 0 Å². The van der Waals surface area contributed by atoms with Crippen LogP contribution < -0.4 is 16.6 Å². The Morgan fingerprint density at radius 2 is 2.24 bits per heavy atom. The minimum absolute atomic E-state index is 0.180. The number of rotatable bonds is 8. The van der Waals surface area contributed by atoms with Crippen LogP contribution in [0, 0.1) is 5.92 Å². The second kappa shape index (κ2) is 7.91. The van der Waals surface area contributed by atoms with Crippen LogP contribution in [-0.2, 0) is 11.3 Å². The van der Waals surface area contributed by atoms with Gasteiger partial charge in [0.05, 0.1) is 25.0 Å². The SMILES string of the molecule is COCCn1ncc(NC(C)(CN)CC(C)C)c(Br)c1=O. The van der Waals surface area contributed by atoms with E-state index in [9.17, 15) is 4.79 Å². The van der Waals surface area contributed by atoms with Gasteiger partial charge in [-0.3, -0.25) is 4.79 Å². The summed E-state index contributed by atoms with van der Waals surface area (Å²) in [6.07, 6.45) is 2.55. The van der Waals surface area contributed by atoms with Crippen molar-refractivity contribution in [3.8, 4) is 0 Å². The summed E-state index contributed by atoms with van der Waals surface area (Å²) in [6.45, 7) is 7.69. The molecule has 0 spiro atoms. The molecule has 0 saturated carbocycles. The molecular formula is C14H25BrN4O2. The number of halogens is 1. The first kappa shape index (κ1) is 18.1. The van der Waals surface area contributed by atoms with Crippen molar-refractivity contribution < 1.29 is 4.74 Å². The van der Waals surface area contributed by atoms with E-state index < -0.39 is 0 Å². The number of nitrogens with zero attached hydrogens (tertiary/aromatic N) is 2. The highest BCUT2D eigenvalue weighted by atomic mass is 79.9. The van der Waals surface area contributed by atoms with E-state index in [0.717, 1.165) is 6.42 Å². The predicted molar refractivity (Wildman–Crippen MR) is 88.6 cm³/mol. The molecule has 1 heterocycles. The second-order valence-electron chi connectivity index (χ2n) is 5.88. The van der Waals surface area contributed by atoms with Gasteiger partial charge in [0.1, 0.15) is 4.47 Å². The third-order valence-electron chi connectivity index (χ3n) is 3.24. The van der Waals surface area contributed by atoms with Crippen molar-refractivity contribution in [2.45, 2.75) is 39.3 Å². The lowest BCUT2D eigenvalue weighted by Crippen LogP contribution is -2.44. The molecule has 1 aromatic rings. The number of hydrogen-bond donors (Lipinski definition) is 2. The predicted octanol–water partition coefficient (Wildman–Crippen LogP) is 1.83. The van der Waals surface area contributed by atoms with E-state index in [1.165, 1.54) is 4.68 Å². The van der Waals surface area contributed by atoms with E-state index >= 15 is 0 Å². The van der Waals surface area contributed by atoms with Crippen LogP contribution >= 0.6 is 15.9 Å². The fraction of sp³-hybridized carbons (Fsp3) is 0.714.